The molecule has 3 nitrogen and oxygen atoms in total. The Balaban J connectivity index is 1.84. The standard InChI is InChI=1S/C17H14F3NO2/c1-11-10-13-4-2-3-5-15(13)21(11)16(22)12-6-8-14(9-7-12)23-17(18,19)20/h2-9,11H,10H2,1H3. The molecular weight excluding hydrogens is 307 g/mol. The van der Waals surface area contributed by atoms with E-state index in [4.69, 9.17) is 0 Å². The summed E-state index contributed by atoms with van der Waals surface area (Å²) in [5.74, 6) is -0.579. The fourth-order valence-corrected chi connectivity index (χ4v) is 2.81. The molecule has 0 fully saturated rings. The maximum absolute atomic E-state index is 12.7. The minimum absolute atomic E-state index is 0.00556. The Morgan fingerprint density at radius 3 is 2.43 bits per heavy atom. The van der Waals surface area contributed by atoms with Gasteiger partial charge in [0, 0.05) is 17.3 Å². The van der Waals surface area contributed by atoms with Crippen molar-refractivity contribution >= 4 is 11.6 Å². The number of para-hydroxylation sites is 1. The Hall–Kier alpha value is -2.50. The molecule has 0 radical (unpaired) electrons. The van der Waals surface area contributed by atoms with Crippen molar-refractivity contribution in [3.8, 4) is 5.75 Å². The van der Waals surface area contributed by atoms with E-state index in [-0.39, 0.29) is 17.7 Å². The molecule has 6 heteroatoms. The summed E-state index contributed by atoms with van der Waals surface area (Å²) in [6, 6.07) is 12.6. The Kier molecular flexibility index (Phi) is 3.75. The van der Waals surface area contributed by atoms with Gasteiger partial charge in [-0.2, -0.15) is 0 Å². The molecule has 23 heavy (non-hydrogen) atoms. The molecule has 0 aromatic heterocycles. The van der Waals surface area contributed by atoms with Gasteiger partial charge in [-0.15, -0.1) is 13.2 Å². The van der Waals surface area contributed by atoms with E-state index < -0.39 is 6.36 Å². The van der Waals surface area contributed by atoms with Crippen LogP contribution in [0.15, 0.2) is 48.5 Å². The predicted octanol–water partition coefficient (Wildman–Crippen LogP) is 4.18. The number of hydrogen-bond donors (Lipinski definition) is 0. The van der Waals surface area contributed by atoms with Crippen molar-refractivity contribution < 1.29 is 22.7 Å². The molecule has 2 aromatic carbocycles. The zero-order chi connectivity index (χ0) is 16.6. The highest BCUT2D eigenvalue weighted by molar-refractivity contribution is 6.07. The monoisotopic (exact) mass is 321 g/mol. The van der Waals surface area contributed by atoms with Crippen LogP contribution in [0.5, 0.6) is 5.75 Å². The number of anilines is 1. The average Bonchev–Trinajstić information content (AvgIpc) is 2.81. The quantitative estimate of drug-likeness (QED) is 0.830. The number of halogens is 3. The van der Waals surface area contributed by atoms with Crippen molar-refractivity contribution in [1.29, 1.82) is 0 Å². The molecular formula is C17H14F3NO2. The SMILES string of the molecule is CC1Cc2ccccc2N1C(=O)c1ccc(OC(F)(F)F)cc1. The van der Waals surface area contributed by atoms with Gasteiger partial charge in [-0.05, 0) is 49.2 Å². The number of benzene rings is 2. The van der Waals surface area contributed by atoms with Crippen molar-refractivity contribution in [2.24, 2.45) is 0 Å². The maximum Gasteiger partial charge on any atom is 0.573 e. The summed E-state index contributed by atoms with van der Waals surface area (Å²) in [6.07, 6.45) is -3.98. The number of rotatable bonds is 2. The summed E-state index contributed by atoms with van der Waals surface area (Å²) in [7, 11) is 0. The van der Waals surface area contributed by atoms with E-state index in [1.807, 2.05) is 31.2 Å². The molecule has 2 aromatic rings. The molecule has 0 saturated heterocycles. The molecule has 0 N–H and O–H groups in total. The Morgan fingerprint density at radius 1 is 1.13 bits per heavy atom. The van der Waals surface area contributed by atoms with Crippen LogP contribution < -0.4 is 9.64 Å². The van der Waals surface area contributed by atoms with E-state index >= 15 is 0 Å². The van der Waals surface area contributed by atoms with Gasteiger partial charge in [0.05, 0.1) is 0 Å². The van der Waals surface area contributed by atoms with E-state index in [0.29, 0.717) is 5.56 Å². The summed E-state index contributed by atoms with van der Waals surface area (Å²) >= 11 is 0. The smallest absolute Gasteiger partial charge is 0.406 e. The fourth-order valence-electron chi connectivity index (χ4n) is 2.81. The lowest BCUT2D eigenvalue weighted by molar-refractivity contribution is -0.274. The van der Waals surface area contributed by atoms with Crippen LogP contribution in [0.1, 0.15) is 22.8 Å². The van der Waals surface area contributed by atoms with Gasteiger partial charge in [0.2, 0.25) is 0 Å². The molecule has 0 aliphatic carbocycles. The number of fused-ring (bicyclic) bond motifs is 1. The summed E-state index contributed by atoms with van der Waals surface area (Å²) in [4.78, 5) is 14.4. The molecule has 1 aliphatic rings. The van der Waals surface area contributed by atoms with E-state index in [1.165, 1.54) is 12.1 Å². The lowest BCUT2D eigenvalue weighted by Crippen LogP contribution is -2.35. The summed E-state index contributed by atoms with van der Waals surface area (Å²) < 4.78 is 40.3. The van der Waals surface area contributed by atoms with Crippen molar-refractivity contribution in [2.75, 3.05) is 4.90 Å². The van der Waals surface area contributed by atoms with E-state index in [9.17, 15) is 18.0 Å². The molecule has 1 aliphatic heterocycles. The van der Waals surface area contributed by atoms with Gasteiger partial charge in [0.1, 0.15) is 5.75 Å². The number of hydrogen-bond acceptors (Lipinski definition) is 2. The van der Waals surface area contributed by atoms with Crippen LogP contribution in [0.2, 0.25) is 0 Å². The molecule has 0 spiro atoms. The van der Waals surface area contributed by atoms with Crippen molar-refractivity contribution in [1.82, 2.24) is 0 Å². The van der Waals surface area contributed by atoms with Crippen LogP contribution >= 0.6 is 0 Å². The Bertz CT molecular complexity index is 725. The second-order valence-electron chi connectivity index (χ2n) is 5.43. The highest BCUT2D eigenvalue weighted by Crippen LogP contribution is 2.33. The van der Waals surface area contributed by atoms with Gasteiger partial charge < -0.3 is 9.64 Å². The molecule has 1 atom stereocenters. The fraction of sp³-hybridized carbons (Fsp3) is 0.235. The molecule has 1 heterocycles. The first kappa shape index (κ1) is 15.4. The van der Waals surface area contributed by atoms with Crippen LogP contribution in [0.4, 0.5) is 18.9 Å². The molecule has 3 rings (SSSR count). The Labute approximate surface area is 131 Å². The van der Waals surface area contributed by atoms with E-state index in [0.717, 1.165) is 29.8 Å². The Morgan fingerprint density at radius 2 is 1.78 bits per heavy atom. The van der Waals surface area contributed by atoms with Crippen molar-refractivity contribution in [2.45, 2.75) is 25.7 Å². The number of ether oxygens (including phenoxy) is 1. The van der Waals surface area contributed by atoms with Gasteiger partial charge in [-0.1, -0.05) is 18.2 Å². The van der Waals surface area contributed by atoms with Crippen LogP contribution in [-0.4, -0.2) is 18.3 Å². The topological polar surface area (TPSA) is 29.5 Å². The third kappa shape index (κ3) is 3.16. The summed E-state index contributed by atoms with van der Waals surface area (Å²) in [6.45, 7) is 1.94. The first-order chi connectivity index (χ1) is 10.8. The van der Waals surface area contributed by atoms with Gasteiger partial charge in [-0.25, -0.2) is 0 Å². The third-order valence-corrected chi connectivity index (χ3v) is 3.76. The first-order valence-corrected chi connectivity index (χ1v) is 7.12. The number of alkyl halides is 3. The predicted molar refractivity (Wildman–Crippen MR) is 79.5 cm³/mol. The zero-order valence-electron chi connectivity index (χ0n) is 12.3. The van der Waals surface area contributed by atoms with E-state index in [2.05, 4.69) is 4.74 Å². The summed E-state index contributed by atoms with van der Waals surface area (Å²) in [5.41, 5.74) is 2.26. The minimum atomic E-state index is -4.74. The second-order valence-corrected chi connectivity index (χ2v) is 5.43. The van der Waals surface area contributed by atoms with Crippen molar-refractivity contribution in [3.63, 3.8) is 0 Å². The summed E-state index contributed by atoms with van der Waals surface area (Å²) in [5, 5.41) is 0. The first-order valence-electron chi connectivity index (χ1n) is 7.12. The number of carbonyl (C=O) groups is 1. The molecule has 120 valence electrons. The van der Waals surface area contributed by atoms with Gasteiger partial charge >= 0.3 is 6.36 Å². The van der Waals surface area contributed by atoms with Gasteiger partial charge in [0.25, 0.3) is 5.91 Å². The average molecular weight is 321 g/mol. The van der Waals surface area contributed by atoms with Gasteiger partial charge in [0.15, 0.2) is 0 Å². The highest BCUT2D eigenvalue weighted by Gasteiger charge is 2.32. The maximum atomic E-state index is 12.7. The zero-order valence-corrected chi connectivity index (χ0v) is 12.3. The molecule has 1 unspecified atom stereocenters. The van der Waals surface area contributed by atoms with Crippen molar-refractivity contribution in [3.05, 3.63) is 59.7 Å². The molecule has 1 amide bonds. The lowest BCUT2D eigenvalue weighted by atomic mass is 10.1. The van der Waals surface area contributed by atoms with Crippen LogP contribution in [-0.2, 0) is 6.42 Å². The normalized spacial score (nSPS) is 17.0. The second kappa shape index (κ2) is 5.61. The van der Waals surface area contributed by atoms with E-state index in [1.54, 1.807) is 4.90 Å². The van der Waals surface area contributed by atoms with Crippen LogP contribution in [0.3, 0.4) is 0 Å². The van der Waals surface area contributed by atoms with Crippen LogP contribution in [0.25, 0.3) is 0 Å². The van der Waals surface area contributed by atoms with Gasteiger partial charge in [-0.3, -0.25) is 4.79 Å². The highest BCUT2D eigenvalue weighted by atomic mass is 19.4. The number of amides is 1. The van der Waals surface area contributed by atoms with Crippen LogP contribution in [0, 0.1) is 0 Å². The lowest BCUT2D eigenvalue weighted by Gasteiger charge is -2.23. The third-order valence-electron chi connectivity index (χ3n) is 3.76. The molecule has 0 bridgehead atoms. The molecule has 0 saturated carbocycles. The largest absolute Gasteiger partial charge is 0.573 e. The number of nitrogens with zero attached hydrogens (tertiary/aromatic N) is 1. The number of carbonyl (C=O) groups excluding carboxylic acids is 1. The minimum Gasteiger partial charge on any atom is -0.406 e.